The molecule has 0 saturated carbocycles. The zero-order valence-electron chi connectivity index (χ0n) is 20.7. The highest BCUT2D eigenvalue weighted by Gasteiger charge is 2.42. The molecule has 2 atom stereocenters. The maximum atomic E-state index is 13.2. The van der Waals surface area contributed by atoms with E-state index >= 15 is 0 Å². The van der Waals surface area contributed by atoms with Crippen molar-refractivity contribution in [3.05, 3.63) is 90.1 Å². The second kappa shape index (κ2) is 9.70. The van der Waals surface area contributed by atoms with Crippen LogP contribution in [0.5, 0.6) is 11.6 Å². The number of ether oxygens (including phenoxy) is 3. The van der Waals surface area contributed by atoms with Gasteiger partial charge in [-0.05, 0) is 51.9 Å². The Labute approximate surface area is 219 Å². The van der Waals surface area contributed by atoms with Crippen molar-refractivity contribution in [3.8, 4) is 22.8 Å². The molecule has 2 aliphatic rings. The van der Waals surface area contributed by atoms with Gasteiger partial charge in [0.1, 0.15) is 24.5 Å². The summed E-state index contributed by atoms with van der Waals surface area (Å²) in [6, 6.07) is 22.5. The molecule has 4 aromatic rings. The molecule has 3 aromatic carbocycles. The summed E-state index contributed by atoms with van der Waals surface area (Å²) in [7, 11) is 1.60. The molecule has 38 heavy (non-hydrogen) atoms. The van der Waals surface area contributed by atoms with Crippen molar-refractivity contribution < 1.29 is 28.9 Å². The first kappa shape index (κ1) is 23.8. The fraction of sp³-hybridized carbons (Fsp3) is 0.233. The van der Waals surface area contributed by atoms with E-state index in [1.807, 2.05) is 60.7 Å². The SMILES string of the molecule is COc1ccc2c(OC3CC(C(=O)O)N(C(=O)OCC4c5ccccc5-c5ccccc54)C3)nccc2c1. The molecule has 1 fully saturated rings. The monoisotopic (exact) mass is 510 g/mol. The van der Waals surface area contributed by atoms with Crippen LogP contribution in [0.15, 0.2) is 79.0 Å². The van der Waals surface area contributed by atoms with Crippen molar-refractivity contribution in [2.45, 2.75) is 24.5 Å². The van der Waals surface area contributed by atoms with Crippen LogP contribution in [0.25, 0.3) is 21.9 Å². The lowest BCUT2D eigenvalue weighted by atomic mass is 9.98. The highest BCUT2D eigenvalue weighted by Crippen LogP contribution is 2.44. The second-order valence-corrected chi connectivity index (χ2v) is 9.49. The minimum atomic E-state index is -1.10. The van der Waals surface area contributed by atoms with Crippen LogP contribution in [0.3, 0.4) is 0 Å². The lowest BCUT2D eigenvalue weighted by molar-refractivity contribution is -0.141. The molecule has 2 unspecified atom stereocenters. The van der Waals surface area contributed by atoms with Crippen LogP contribution in [0.1, 0.15) is 23.5 Å². The number of carbonyl (C=O) groups is 2. The zero-order valence-corrected chi connectivity index (χ0v) is 20.7. The number of aromatic nitrogens is 1. The summed E-state index contributed by atoms with van der Waals surface area (Å²) in [6.45, 7) is 0.204. The van der Waals surface area contributed by atoms with Gasteiger partial charge >= 0.3 is 12.1 Å². The van der Waals surface area contributed by atoms with Crippen molar-refractivity contribution in [1.29, 1.82) is 0 Å². The summed E-state index contributed by atoms with van der Waals surface area (Å²) < 4.78 is 17.2. The summed E-state index contributed by atoms with van der Waals surface area (Å²) in [4.78, 5) is 30.8. The van der Waals surface area contributed by atoms with E-state index in [1.165, 1.54) is 4.90 Å². The Morgan fingerprint density at radius 3 is 2.39 bits per heavy atom. The van der Waals surface area contributed by atoms with Crippen molar-refractivity contribution in [2.24, 2.45) is 0 Å². The Morgan fingerprint density at radius 2 is 1.71 bits per heavy atom. The van der Waals surface area contributed by atoms with Crippen molar-refractivity contribution in [3.63, 3.8) is 0 Å². The number of carbonyl (C=O) groups excluding carboxylic acids is 1. The number of pyridine rings is 1. The number of carboxylic acids is 1. The molecule has 1 saturated heterocycles. The van der Waals surface area contributed by atoms with E-state index < -0.39 is 24.2 Å². The van der Waals surface area contributed by atoms with Crippen LogP contribution in [-0.4, -0.2) is 59.5 Å². The molecule has 8 heteroatoms. The molecule has 2 heterocycles. The van der Waals surface area contributed by atoms with E-state index in [4.69, 9.17) is 14.2 Å². The largest absolute Gasteiger partial charge is 0.497 e. The average molecular weight is 511 g/mol. The molecule has 0 spiro atoms. The topological polar surface area (TPSA) is 98.2 Å². The Balaban J connectivity index is 1.18. The fourth-order valence-corrected chi connectivity index (χ4v) is 5.50. The minimum absolute atomic E-state index is 0.0852. The van der Waals surface area contributed by atoms with Gasteiger partial charge in [0.25, 0.3) is 0 Å². The Morgan fingerprint density at radius 1 is 1.00 bits per heavy atom. The third kappa shape index (κ3) is 4.18. The van der Waals surface area contributed by atoms with Gasteiger partial charge in [0.2, 0.25) is 5.88 Å². The smallest absolute Gasteiger partial charge is 0.410 e. The summed E-state index contributed by atoms with van der Waals surface area (Å²) in [5.41, 5.74) is 4.44. The first-order valence-corrected chi connectivity index (χ1v) is 12.5. The Hall–Kier alpha value is -4.59. The van der Waals surface area contributed by atoms with Gasteiger partial charge in [-0.15, -0.1) is 0 Å². The maximum absolute atomic E-state index is 13.2. The molecule has 1 aliphatic heterocycles. The first-order valence-electron chi connectivity index (χ1n) is 12.5. The molecule has 8 nitrogen and oxygen atoms in total. The average Bonchev–Trinajstić information content (AvgIpc) is 3.51. The molecule has 1 N–H and O–H groups in total. The van der Waals surface area contributed by atoms with Crippen LogP contribution in [0.2, 0.25) is 0 Å². The molecule has 0 bridgehead atoms. The van der Waals surface area contributed by atoms with Gasteiger partial charge < -0.3 is 19.3 Å². The number of rotatable bonds is 6. The number of aliphatic carboxylic acids is 1. The maximum Gasteiger partial charge on any atom is 0.410 e. The number of nitrogens with zero attached hydrogens (tertiary/aromatic N) is 2. The summed E-state index contributed by atoms with van der Waals surface area (Å²) in [6.07, 6.45) is 0.551. The lowest BCUT2D eigenvalue weighted by Crippen LogP contribution is -2.41. The van der Waals surface area contributed by atoms with Crippen LogP contribution < -0.4 is 9.47 Å². The van der Waals surface area contributed by atoms with Gasteiger partial charge in [0, 0.05) is 23.9 Å². The highest BCUT2D eigenvalue weighted by atomic mass is 16.6. The van der Waals surface area contributed by atoms with Crippen LogP contribution in [0, 0.1) is 0 Å². The number of benzene rings is 3. The highest BCUT2D eigenvalue weighted by molar-refractivity contribution is 5.88. The first-order chi connectivity index (χ1) is 18.5. The number of amides is 1. The van der Waals surface area contributed by atoms with Crippen molar-refractivity contribution >= 4 is 22.8 Å². The summed E-state index contributed by atoms with van der Waals surface area (Å²) in [5, 5.41) is 11.5. The van der Waals surface area contributed by atoms with Gasteiger partial charge in [-0.3, -0.25) is 4.90 Å². The lowest BCUT2D eigenvalue weighted by Gasteiger charge is -2.22. The molecule has 1 aromatic heterocycles. The normalized spacial score (nSPS) is 18.2. The van der Waals surface area contributed by atoms with E-state index in [1.54, 1.807) is 13.3 Å². The predicted octanol–water partition coefficient (Wildman–Crippen LogP) is 5.10. The molecular formula is C30H26N2O6. The number of methoxy groups -OCH3 is 1. The van der Waals surface area contributed by atoms with E-state index in [0.29, 0.717) is 11.6 Å². The van der Waals surface area contributed by atoms with E-state index in [9.17, 15) is 14.7 Å². The molecule has 1 aliphatic carbocycles. The number of carboxylic acid groups (broad SMARTS) is 1. The number of hydrogen-bond donors (Lipinski definition) is 1. The van der Waals surface area contributed by atoms with E-state index in [2.05, 4.69) is 17.1 Å². The Kier molecular flexibility index (Phi) is 6.07. The number of likely N-dealkylation sites (tertiary alicyclic amines) is 1. The fourth-order valence-electron chi connectivity index (χ4n) is 5.50. The zero-order chi connectivity index (χ0) is 26.2. The van der Waals surface area contributed by atoms with Gasteiger partial charge in [0.15, 0.2) is 0 Å². The van der Waals surface area contributed by atoms with Crippen LogP contribution in [-0.2, 0) is 9.53 Å². The summed E-state index contributed by atoms with van der Waals surface area (Å²) >= 11 is 0. The van der Waals surface area contributed by atoms with Gasteiger partial charge in [-0.25, -0.2) is 14.6 Å². The standard InChI is InChI=1S/C30H26N2O6/c1-36-19-10-11-21-18(14-19)12-13-31-28(21)38-20-15-27(29(33)34)32(16-20)30(35)37-17-26-24-8-4-2-6-22(24)23-7-3-5-9-25(23)26/h2-14,20,26-27H,15-17H2,1H3,(H,33,34). The molecular weight excluding hydrogens is 484 g/mol. The number of fused-ring (bicyclic) bond motifs is 4. The Bertz CT molecular complexity index is 1490. The van der Waals surface area contributed by atoms with Gasteiger partial charge in [-0.2, -0.15) is 0 Å². The van der Waals surface area contributed by atoms with E-state index in [-0.39, 0.29) is 25.5 Å². The van der Waals surface area contributed by atoms with Crippen LogP contribution >= 0.6 is 0 Å². The third-order valence-electron chi connectivity index (χ3n) is 7.33. The molecule has 1 amide bonds. The number of hydrogen-bond acceptors (Lipinski definition) is 6. The van der Waals surface area contributed by atoms with Gasteiger partial charge in [0.05, 0.1) is 13.7 Å². The van der Waals surface area contributed by atoms with Crippen molar-refractivity contribution in [2.75, 3.05) is 20.3 Å². The predicted molar refractivity (Wildman–Crippen MR) is 141 cm³/mol. The minimum Gasteiger partial charge on any atom is -0.497 e. The summed E-state index contributed by atoms with van der Waals surface area (Å²) in [5.74, 6) is -0.113. The molecule has 0 radical (unpaired) electrons. The second-order valence-electron chi connectivity index (χ2n) is 9.49. The molecule has 6 rings (SSSR count). The van der Waals surface area contributed by atoms with E-state index in [0.717, 1.165) is 33.0 Å². The molecule has 192 valence electrons. The quantitative estimate of drug-likeness (QED) is 0.385. The van der Waals surface area contributed by atoms with Crippen LogP contribution in [0.4, 0.5) is 4.79 Å². The third-order valence-corrected chi connectivity index (χ3v) is 7.33. The van der Waals surface area contributed by atoms with Gasteiger partial charge in [-0.1, -0.05) is 48.5 Å². The van der Waals surface area contributed by atoms with Crippen molar-refractivity contribution in [1.82, 2.24) is 9.88 Å².